The third-order valence-electron chi connectivity index (χ3n) is 3.60. The van der Waals surface area contributed by atoms with E-state index < -0.39 is 5.60 Å². The lowest BCUT2D eigenvalue weighted by atomic mass is 9.86. The summed E-state index contributed by atoms with van der Waals surface area (Å²) in [5.41, 5.74) is 1.79. The maximum atomic E-state index is 12.1. The van der Waals surface area contributed by atoms with Crippen LogP contribution in [0.15, 0.2) is 23.3 Å². The molecule has 5 nitrogen and oxygen atoms in total. The van der Waals surface area contributed by atoms with Crippen molar-refractivity contribution in [2.24, 2.45) is 5.92 Å². The summed E-state index contributed by atoms with van der Waals surface area (Å²) in [5.74, 6) is -0.394. The highest BCUT2D eigenvalue weighted by Gasteiger charge is 2.30. The number of fused-ring (bicyclic) bond motifs is 1. The molecule has 0 bridgehead atoms. The molecule has 0 aromatic carbocycles. The Hall–Kier alpha value is -1.78. The van der Waals surface area contributed by atoms with Crippen molar-refractivity contribution in [1.29, 1.82) is 0 Å². The lowest BCUT2D eigenvalue weighted by Gasteiger charge is -2.34. The SMILES string of the molecule is COC(=O)C1C=C2CCN(C(=O)OC(C)(C)C)CC2=CC1. The van der Waals surface area contributed by atoms with Crippen LogP contribution in [0.1, 0.15) is 33.6 Å². The third-order valence-corrected chi connectivity index (χ3v) is 3.60. The molecule has 1 atom stereocenters. The van der Waals surface area contributed by atoms with Crippen LogP contribution in [-0.4, -0.2) is 42.8 Å². The summed E-state index contributed by atoms with van der Waals surface area (Å²) in [5, 5.41) is 0. The summed E-state index contributed by atoms with van der Waals surface area (Å²) in [6.45, 7) is 6.75. The molecule has 2 aliphatic rings. The monoisotopic (exact) mass is 293 g/mol. The fraction of sp³-hybridized carbons (Fsp3) is 0.625. The second-order valence-electron chi connectivity index (χ2n) is 6.44. The van der Waals surface area contributed by atoms with Crippen LogP contribution in [0.2, 0.25) is 0 Å². The molecule has 1 aliphatic carbocycles. The van der Waals surface area contributed by atoms with Crippen molar-refractivity contribution >= 4 is 12.1 Å². The number of piperidine rings is 1. The number of ether oxygens (including phenoxy) is 2. The maximum absolute atomic E-state index is 12.1. The molecule has 2 rings (SSSR count). The second-order valence-corrected chi connectivity index (χ2v) is 6.44. The van der Waals surface area contributed by atoms with Gasteiger partial charge in [-0.3, -0.25) is 4.79 Å². The molecule has 116 valence electrons. The molecular formula is C16H23NO4. The molecule has 1 fully saturated rings. The van der Waals surface area contributed by atoms with Gasteiger partial charge in [-0.2, -0.15) is 0 Å². The zero-order valence-electron chi connectivity index (χ0n) is 13.1. The average molecular weight is 293 g/mol. The van der Waals surface area contributed by atoms with Gasteiger partial charge in [0, 0.05) is 13.1 Å². The number of hydrogen-bond acceptors (Lipinski definition) is 4. The number of allylic oxidation sites excluding steroid dienone is 1. The van der Waals surface area contributed by atoms with Crippen molar-refractivity contribution in [3.8, 4) is 0 Å². The molecule has 5 heteroatoms. The number of hydrogen-bond donors (Lipinski definition) is 0. The summed E-state index contributed by atoms with van der Waals surface area (Å²) < 4.78 is 10.2. The summed E-state index contributed by atoms with van der Waals surface area (Å²) in [7, 11) is 1.41. The molecule has 1 unspecified atom stereocenters. The first-order valence-corrected chi connectivity index (χ1v) is 7.26. The van der Waals surface area contributed by atoms with E-state index in [9.17, 15) is 9.59 Å². The van der Waals surface area contributed by atoms with Gasteiger partial charge in [0.15, 0.2) is 0 Å². The molecule has 0 radical (unpaired) electrons. The van der Waals surface area contributed by atoms with Gasteiger partial charge in [-0.1, -0.05) is 12.2 Å². The van der Waals surface area contributed by atoms with E-state index >= 15 is 0 Å². The van der Waals surface area contributed by atoms with Crippen molar-refractivity contribution in [1.82, 2.24) is 4.90 Å². The highest BCUT2D eigenvalue weighted by atomic mass is 16.6. The molecular weight excluding hydrogens is 270 g/mol. The smallest absolute Gasteiger partial charge is 0.410 e. The van der Waals surface area contributed by atoms with Gasteiger partial charge in [-0.15, -0.1) is 0 Å². The highest BCUT2D eigenvalue weighted by molar-refractivity contribution is 5.76. The minimum atomic E-state index is -0.482. The quantitative estimate of drug-likeness (QED) is 0.697. The zero-order valence-corrected chi connectivity index (χ0v) is 13.1. The number of carbonyl (C=O) groups is 2. The average Bonchev–Trinajstić information content (AvgIpc) is 2.43. The largest absolute Gasteiger partial charge is 0.469 e. The van der Waals surface area contributed by atoms with Crippen LogP contribution in [-0.2, 0) is 14.3 Å². The predicted octanol–water partition coefficient (Wildman–Crippen LogP) is 2.67. The second kappa shape index (κ2) is 5.92. The van der Waals surface area contributed by atoms with Crippen LogP contribution in [0, 0.1) is 5.92 Å². The number of nitrogens with zero attached hydrogens (tertiary/aromatic N) is 1. The molecule has 1 saturated heterocycles. The summed E-state index contributed by atoms with van der Waals surface area (Å²) in [6, 6.07) is 0. The minimum absolute atomic E-state index is 0.193. The molecule has 0 N–H and O–H groups in total. The predicted molar refractivity (Wildman–Crippen MR) is 78.7 cm³/mol. The molecule has 1 heterocycles. The molecule has 1 aliphatic heterocycles. The van der Waals surface area contributed by atoms with Gasteiger partial charge in [0.2, 0.25) is 0 Å². The van der Waals surface area contributed by atoms with E-state index in [2.05, 4.69) is 0 Å². The first-order valence-electron chi connectivity index (χ1n) is 7.26. The van der Waals surface area contributed by atoms with Gasteiger partial charge in [0.05, 0.1) is 13.0 Å². The number of rotatable bonds is 1. The van der Waals surface area contributed by atoms with Crippen LogP contribution < -0.4 is 0 Å². The van der Waals surface area contributed by atoms with Gasteiger partial charge in [0.1, 0.15) is 5.60 Å². The highest BCUT2D eigenvalue weighted by Crippen LogP contribution is 2.30. The number of amides is 1. The molecule has 1 amide bonds. The molecule has 21 heavy (non-hydrogen) atoms. The van der Waals surface area contributed by atoms with E-state index in [1.54, 1.807) is 4.90 Å². The fourth-order valence-electron chi connectivity index (χ4n) is 2.57. The van der Waals surface area contributed by atoms with Gasteiger partial charge >= 0.3 is 12.1 Å². The van der Waals surface area contributed by atoms with E-state index in [4.69, 9.17) is 9.47 Å². The van der Waals surface area contributed by atoms with Gasteiger partial charge in [-0.05, 0) is 44.8 Å². The van der Waals surface area contributed by atoms with Crippen molar-refractivity contribution in [3.05, 3.63) is 23.3 Å². The lowest BCUT2D eigenvalue weighted by Crippen LogP contribution is -2.41. The third kappa shape index (κ3) is 3.86. The molecule has 0 aromatic rings. The Bertz CT molecular complexity index is 499. The van der Waals surface area contributed by atoms with Crippen LogP contribution in [0.3, 0.4) is 0 Å². The van der Waals surface area contributed by atoms with Crippen LogP contribution in [0.4, 0.5) is 4.79 Å². The van der Waals surface area contributed by atoms with Crippen LogP contribution in [0.25, 0.3) is 0 Å². The summed E-state index contributed by atoms with van der Waals surface area (Å²) in [4.78, 5) is 25.4. The Balaban J connectivity index is 2.01. The number of methoxy groups -OCH3 is 1. The summed E-state index contributed by atoms with van der Waals surface area (Å²) >= 11 is 0. The first kappa shape index (κ1) is 15.6. The lowest BCUT2D eigenvalue weighted by molar-refractivity contribution is -0.143. The summed E-state index contributed by atoms with van der Waals surface area (Å²) in [6.07, 6.45) is 5.12. The van der Waals surface area contributed by atoms with Crippen LogP contribution in [0.5, 0.6) is 0 Å². The van der Waals surface area contributed by atoms with Gasteiger partial charge in [0.25, 0.3) is 0 Å². The topological polar surface area (TPSA) is 55.8 Å². The van der Waals surface area contributed by atoms with Crippen molar-refractivity contribution in [2.45, 2.75) is 39.2 Å². The Labute approximate surface area is 125 Å². The van der Waals surface area contributed by atoms with Crippen molar-refractivity contribution in [2.75, 3.05) is 20.2 Å². The van der Waals surface area contributed by atoms with E-state index in [0.29, 0.717) is 19.5 Å². The van der Waals surface area contributed by atoms with E-state index in [1.165, 1.54) is 7.11 Å². The first-order chi connectivity index (χ1) is 9.80. The molecule has 0 saturated carbocycles. The number of carbonyl (C=O) groups excluding carboxylic acids is 2. The fourth-order valence-corrected chi connectivity index (χ4v) is 2.57. The standard InChI is InChI=1S/C16H23NO4/c1-16(2,3)21-15(19)17-8-7-11-9-12(14(18)20-4)5-6-13(11)10-17/h6,9,12H,5,7-8,10H2,1-4H3. The normalized spacial score (nSPS) is 21.9. The minimum Gasteiger partial charge on any atom is -0.469 e. The van der Waals surface area contributed by atoms with Crippen molar-refractivity contribution < 1.29 is 19.1 Å². The molecule has 0 aromatic heterocycles. The Kier molecular flexibility index (Phi) is 4.40. The molecule has 0 spiro atoms. The Morgan fingerprint density at radius 2 is 2.00 bits per heavy atom. The Morgan fingerprint density at radius 1 is 1.29 bits per heavy atom. The van der Waals surface area contributed by atoms with E-state index in [-0.39, 0.29) is 18.0 Å². The number of esters is 1. The zero-order chi connectivity index (χ0) is 15.6. The van der Waals surface area contributed by atoms with E-state index in [1.807, 2.05) is 32.9 Å². The van der Waals surface area contributed by atoms with Crippen LogP contribution >= 0.6 is 0 Å². The maximum Gasteiger partial charge on any atom is 0.410 e. The van der Waals surface area contributed by atoms with Gasteiger partial charge < -0.3 is 14.4 Å². The van der Waals surface area contributed by atoms with Gasteiger partial charge in [-0.25, -0.2) is 4.79 Å². The Morgan fingerprint density at radius 3 is 2.62 bits per heavy atom. The van der Waals surface area contributed by atoms with Crippen molar-refractivity contribution in [3.63, 3.8) is 0 Å². The van der Waals surface area contributed by atoms with E-state index in [0.717, 1.165) is 17.6 Å². The number of likely N-dealkylation sites (tertiary alicyclic amines) is 1.